The lowest BCUT2D eigenvalue weighted by molar-refractivity contribution is -0.121. The Kier molecular flexibility index (Phi) is 3.09. The fourth-order valence-electron chi connectivity index (χ4n) is 1.94. The van der Waals surface area contributed by atoms with Gasteiger partial charge in [0.25, 0.3) is 5.91 Å². The van der Waals surface area contributed by atoms with E-state index in [1.807, 2.05) is 19.1 Å². The number of rotatable bonds is 3. The molecule has 1 aliphatic heterocycles. The van der Waals surface area contributed by atoms with Gasteiger partial charge in [0.1, 0.15) is 5.54 Å². The smallest absolute Gasteiger partial charge is 0.326 e. The highest BCUT2D eigenvalue weighted by Crippen LogP contribution is 2.26. The van der Waals surface area contributed by atoms with E-state index >= 15 is 0 Å². The molecule has 5 nitrogen and oxygen atoms in total. The van der Waals surface area contributed by atoms with Crippen molar-refractivity contribution in [1.29, 1.82) is 0 Å². The van der Waals surface area contributed by atoms with Gasteiger partial charge in [0.15, 0.2) is 0 Å². The molecule has 0 spiro atoms. The normalized spacial score (nSPS) is 23.4. The van der Waals surface area contributed by atoms with Crippen LogP contribution in [0.2, 0.25) is 0 Å². The quantitative estimate of drug-likeness (QED) is 0.792. The molecule has 18 heavy (non-hydrogen) atoms. The summed E-state index contributed by atoms with van der Waals surface area (Å²) in [5, 5.41) is 2.72. The molecule has 1 heterocycles. The average molecular weight is 247 g/mol. The van der Waals surface area contributed by atoms with Gasteiger partial charge in [-0.1, -0.05) is 19.1 Å². The van der Waals surface area contributed by atoms with Crippen molar-refractivity contribution >= 4 is 17.6 Å². The largest absolute Gasteiger partial charge is 0.329 e. The lowest BCUT2D eigenvalue weighted by atomic mass is 9.99. The van der Waals surface area contributed by atoms with Gasteiger partial charge in [0, 0.05) is 6.54 Å². The number of nitrogens with zero attached hydrogens (tertiary/aromatic N) is 1. The molecule has 1 aromatic rings. The molecule has 1 atom stereocenters. The number of carbonyl (C=O) groups is 2. The van der Waals surface area contributed by atoms with Gasteiger partial charge >= 0.3 is 6.03 Å². The number of anilines is 1. The van der Waals surface area contributed by atoms with Crippen molar-refractivity contribution in [3.63, 3.8) is 0 Å². The van der Waals surface area contributed by atoms with Crippen molar-refractivity contribution in [1.82, 2.24) is 5.32 Å². The molecule has 1 aliphatic rings. The van der Waals surface area contributed by atoms with Crippen molar-refractivity contribution in [3.8, 4) is 0 Å². The van der Waals surface area contributed by atoms with Crippen molar-refractivity contribution in [3.05, 3.63) is 29.8 Å². The Morgan fingerprint density at radius 3 is 2.33 bits per heavy atom. The third kappa shape index (κ3) is 1.86. The molecule has 0 radical (unpaired) electrons. The first kappa shape index (κ1) is 12.6. The summed E-state index contributed by atoms with van der Waals surface area (Å²) in [5.41, 5.74) is 6.25. The molecule has 1 saturated heterocycles. The number of hydrogen-bond acceptors (Lipinski definition) is 3. The molecule has 5 heteroatoms. The van der Waals surface area contributed by atoms with Gasteiger partial charge in [-0.3, -0.25) is 4.79 Å². The molecular weight excluding hydrogens is 230 g/mol. The maximum absolute atomic E-state index is 12.2. The fraction of sp³-hybridized carbons (Fsp3) is 0.385. The second-order valence-electron chi connectivity index (χ2n) is 4.63. The van der Waals surface area contributed by atoms with Crippen LogP contribution in [0.15, 0.2) is 24.3 Å². The van der Waals surface area contributed by atoms with Crippen LogP contribution in [0.4, 0.5) is 10.5 Å². The molecular formula is C13H17N3O2. The third-order valence-electron chi connectivity index (χ3n) is 3.40. The lowest BCUT2D eigenvalue weighted by Gasteiger charge is -2.19. The van der Waals surface area contributed by atoms with Crippen LogP contribution in [0.5, 0.6) is 0 Å². The van der Waals surface area contributed by atoms with E-state index in [2.05, 4.69) is 5.32 Å². The van der Waals surface area contributed by atoms with Crippen molar-refractivity contribution < 1.29 is 9.59 Å². The topological polar surface area (TPSA) is 75.4 Å². The van der Waals surface area contributed by atoms with Crippen LogP contribution >= 0.6 is 0 Å². The molecule has 96 valence electrons. The van der Waals surface area contributed by atoms with Gasteiger partial charge in [-0.15, -0.1) is 0 Å². The first-order valence-corrected chi connectivity index (χ1v) is 5.97. The highest BCUT2D eigenvalue weighted by molar-refractivity contribution is 6.23. The minimum atomic E-state index is -0.802. The SMILES string of the molecule is CCC1(C)NC(=O)N(c2ccc(CN)cc2)C1=O. The zero-order valence-electron chi connectivity index (χ0n) is 10.6. The Labute approximate surface area is 106 Å². The number of benzene rings is 1. The number of amides is 3. The van der Waals surface area contributed by atoms with E-state index in [0.717, 1.165) is 5.56 Å². The third-order valence-corrected chi connectivity index (χ3v) is 3.40. The minimum Gasteiger partial charge on any atom is -0.326 e. The van der Waals surface area contributed by atoms with Crippen LogP contribution in [0, 0.1) is 0 Å². The van der Waals surface area contributed by atoms with E-state index in [9.17, 15) is 9.59 Å². The molecule has 3 N–H and O–H groups in total. The molecule has 1 aromatic carbocycles. The van der Waals surface area contributed by atoms with Gasteiger partial charge in [0.05, 0.1) is 5.69 Å². The van der Waals surface area contributed by atoms with Crippen LogP contribution < -0.4 is 16.0 Å². The second-order valence-corrected chi connectivity index (χ2v) is 4.63. The predicted molar refractivity (Wildman–Crippen MR) is 69.0 cm³/mol. The van der Waals surface area contributed by atoms with Crippen LogP contribution in [-0.2, 0) is 11.3 Å². The summed E-state index contributed by atoms with van der Waals surface area (Å²) < 4.78 is 0. The van der Waals surface area contributed by atoms with Gasteiger partial charge in [-0.2, -0.15) is 0 Å². The Morgan fingerprint density at radius 2 is 1.89 bits per heavy atom. The summed E-state index contributed by atoms with van der Waals surface area (Å²) >= 11 is 0. The number of nitrogens with one attached hydrogen (secondary N) is 1. The summed E-state index contributed by atoms with van der Waals surface area (Å²) in [6.07, 6.45) is 0.564. The van der Waals surface area contributed by atoms with Crippen LogP contribution in [-0.4, -0.2) is 17.5 Å². The zero-order chi connectivity index (χ0) is 13.3. The predicted octanol–water partition coefficient (Wildman–Crippen LogP) is 1.37. The first-order chi connectivity index (χ1) is 8.51. The highest BCUT2D eigenvalue weighted by Gasteiger charge is 2.47. The van der Waals surface area contributed by atoms with Gasteiger partial charge in [0.2, 0.25) is 0 Å². The molecule has 1 fully saturated rings. The Balaban J connectivity index is 2.33. The summed E-state index contributed by atoms with van der Waals surface area (Å²) in [5.74, 6) is -0.213. The molecule has 3 amide bonds. The first-order valence-electron chi connectivity index (χ1n) is 5.97. The fourth-order valence-corrected chi connectivity index (χ4v) is 1.94. The number of imide groups is 1. The van der Waals surface area contributed by atoms with E-state index in [1.54, 1.807) is 19.1 Å². The van der Waals surface area contributed by atoms with Gasteiger partial charge in [-0.05, 0) is 31.0 Å². The second kappa shape index (κ2) is 4.42. The monoisotopic (exact) mass is 247 g/mol. The van der Waals surface area contributed by atoms with Crippen molar-refractivity contribution in [2.75, 3.05) is 4.90 Å². The van der Waals surface area contributed by atoms with Crippen LogP contribution in [0.25, 0.3) is 0 Å². The van der Waals surface area contributed by atoms with E-state index in [4.69, 9.17) is 5.73 Å². The van der Waals surface area contributed by atoms with Crippen LogP contribution in [0.3, 0.4) is 0 Å². The zero-order valence-corrected chi connectivity index (χ0v) is 10.6. The summed E-state index contributed by atoms with van der Waals surface area (Å²) in [7, 11) is 0. The highest BCUT2D eigenvalue weighted by atomic mass is 16.2. The Bertz CT molecular complexity index is 484. The molecule has 0 bridgehead atoms. The number of urea groups is 1. The molecule has 2 rings (SSSR count). The molecule has 0 saturated carbocycles. The van der Waals surface area contributed by atoms with E-state index in [0.29, 0.717) is 18.7 Å². The summed E-state index contributed by atoms with van der Waals surface area (Å²) in [4.78, 5) is 25.3. The van der Waals surface area contributed by atoms with Crippen molar-refractivity contribution in [2.45, 2.75) is 32.4 Å². The average Bonchev–Trinajstić information content (AvgIpc) is 2.61. The van der Waals surface area contributed by atoms with E-state index < -0.39 is 5.54 Å². The Morgan fingerprint density at radius 1 is 1.28 bits per heavy atom. The maximum Gasteiger partial charge on any atom is 0.329 e. The van der Waals surface area contributed by atoms with Crippen molar-refractivity contribution in [2.24, 2.45) is 5.73 Å². The summed E-state index contributed by atoms with van der Waals surface area (Å²) in [6, 6.07) is 6.74. The minimum absolute atomic E-state index is 0.213. The molecule has 0 aliphatic carbocycles. The Hall–Kier alpha value is -1.88. The molecule has 1 unspecified atom stereocenters. The summed E-state index contributed by atoms with van der Waals surface area (Å²) in [6.45, 7) is 4.05. The number of carbonyl (C=O) groups excluding carboxylic acids is 2. The standard InChI is InChI=1S/C13H17N3O2/c1-3-13(2)11(17)16(12(18)15-13)10-6-4-9(8-14)5-7-10/h4-7H,3,8,14H2,1-2H3,(H,15,18). The van der Waals surface area contributed by atoms with Crippen LogP contribution in [0.1, 0.15) is 25.8 Å². The molecule has 0 aromatic heterocycles. The number of hydrogen-bond donors (Lipinski definition) is 2. The van der Waals surface area contributed by atoms with Gasteiger partial charge < -0.3 is 11.1 Å². The van der Waals surface area contributed by atoms with Gasteiger partial charge in [-0.25, -0.2) is 9.69 Å². The number of nitrogens with two attached hydrogens (primary N) is 1. The lowest BCUT2D eigenvalue weighted by Crippen LogP contribution is -2.43. The van der Waals surface area contributed by atoms with E-state index in [-0.39, 0.29) is 11.9 Å². The maximum atomic E-state index is 12.2. The van der Waals surface area contributed by atoms with E-state index in [1.165, 1.54) is 4.90 Å².